The van der Waals surface area contributed by atoms with Crippen molar-refractivity contribution in [1.82, 2.24) is 4.90 Å². The highest BCUT2D eigenvalue weighted by Gasteiger charge is 2.49. The first-order valence-corrected chi connectivity index (χ1v) is 8.17. The van der Waals surface area contributed by atoms with E-state index in [4.69, 9.17) is 0 Å². The molecular formula is C17H33NO. The molecule has 0 amide bonds. The number of aliphatic hydroxyl groups is 1. The van der Waals surface area contributed by atoms with Crippen molar-refractivity contribution < 1.29 is 5.11 Å². The standard InChI is InChI=1S/C17H33NO/c1-16(2)12-15(19)14(17(3,4)18(16)5)11-13-9-7-6-8-10-13/h13-15,19H,6-12H2,1-5H3. The third kappa shape index (κ3) is 3.00. The molecule has 2 unspecified atom stereocenters. The van der Waals surface area contributed by atoms with Gasteiger partial charge in [0.15, 0.2) is 0 Å². The monoisotopic (exact) mass is 267 g/mol. The molecule has 2 heteroatoms. The van der Waals surface area contributed by atoms with Crippen molar-refractivity contribution >= 4 is 0 Å². The Morgan fingerprint density at radius 3 is 2.21 bits per heavy atom. The average Bonchev–Trinajstić information content (AvgIpc) is 2.34. The Hall–Kier alpha value is -0.0800. The van der Waals surface area contributed by atoms with Crippen LogP contribution in [0, 0.1) is 11.8 Å². The molecule has 2 aliphatic rings. The van der Waals surface area contributed by atoms with Gasteiger partial charge in [0.25, 0.3) is 0 Å². The molecule has 2 fully saturated rings. The molecule has 1 heterocycles. The maximum atomic E-state index is 10.7. The van der Waals surface area contributed by atoms with Gasteiger partial charge in [0, 0.05) is 17.0 Å². The largest absolute Gasteiger partial charge is 0.393 e. The number of hydrogen-bond donors (Lipinski definition) is 1. The highest BCUT2D eigenvalue weighted by Crippen LogP contribution is 2.45. The molecule has 1 aliphatic heterocycles. The van der Waals surface area contributed by atoms with Crippen molar-refractivity contribution in [3.05, 3.63) is 0 Å². The predicted molar refractivity (Wildman–Crippen MR) is 81.2 cm³/mol. The van der Waals surface area contributed by atoms with E-state index in [2.05, 4.69) is 39.6 Å². The summed E-state index contributed by atoms with van der Waals surface area (Å²) in [5.41, 5.74) is 0.199. The summed E-state index contributed by atoms with van der Waals surface area (Å²) in [6, 6.07) is 0. The van der Waals surface area contributed by atoms with Gasteiger partial charge in [0.05, 0.1) is 6.10 Å². The number of hydrogen-bond acceptors (Lipinski definition) is 2. The quantitative estimate of drug-likeness (QED) is 0.822. The molecule has 0 aromatic carbocycles. The fourth-order valence-electron chi connectivity index (χ4n) is 4.52. The molecule has 1 saturated heterocycles. The summed E-state index contributed by atoms with van der Waals surface area (Å²) in [7, 11) is 2.24. The Bertz CT molecular complexity index is 304. The van der Waals surface area contributed by atoms with Crippen LogP contribution in [0.15, 0.2) is 0 Å². The summed E-state index contributed by atoms with van der Waals surface area (Å²) in [6.45, 7) is 9.17. The van der Waals surface area contributed by atoms with Crippen molar-refractivity contribution in [2.75, 3.05) is 7.05 Å². The van der Waals surface area contributed by atoms with Crippen LogP contribution in [0.25, 0.3) is 0 Å². The normalized spacial score (nSPS) is 36.3. The predicted octanol–water partition coefficient (Wildman–Crippen LogP) is 3.83. The minimum Gasteiger partial charge on any atom is -0.393 e. The van der Waals surface area contributed by atoms with Gasteiger partial charge in [-0.1, -0.05) is 32.1 Å². The molecule has 0 aromatic heterocycles. The lowest BCUT2D eigenvalue weighted by Gasteiger charge is -2.57. The van der Waals surface area contributed by atoms with Gasteiger partial charge in [-0.3, -0.25) is 4.90 Å². The van der Waals surface area contributed by atoms with Crippen molar-refractivity contribution in [3.63, 3.8) is 0 Å². The lowest BCUT2D eigenvalue weighted by molar-refractivity contribution is -0.119. The molecule has 2 nitrogen and oxygen atoms in total. The van der Waals surface area contributed by atoms with Crippen LogP contribution in [0.2, 0.25) is 0 Å². The van der Waals surface area contributed by atoms with Crippen LogP contribution < -0.4 is 0 Å². The maximum Gasteiger partial charge on any atom is 0.0603 e. The molecule has 0 aromatic rings. The molecule has 112 valence electrons. The van der Waals surface area contributed by atoms with E-state index in [1.54, 1.807) is 0 Å². The van der Waals surface area contributed by atoms with Gasteiger partial charge in [0.1, 0.15) is 0 Å². The van der Waals surface area contributed by atoms with Gasteiger partial charge >= 0.3 is 0 Å². The van der Waals surface area contributed by atoms with E-state index in [0.29, 0.717) is 5.92 Å². The maximum absolute atomic E-state index is 10.7. The topological polar surface area (TPSA) is 23.5 Å². The highest BCUT2D eigenvalue weighted by molar-refractivity contribution is 5.04. The van der Waals surface area contributed by atoms with Crippen LogP contribution >= 0.6 is 0 Å². The van der Waals surface area contributed by atoms with E-state index < -0.39 is 0 Å². The van der Waals surface area contributed by atoms with Crippen molar-refractivity contribution in [2.45, 2.75) is 89.8 Å². The van der Waals surface area contributed by atoms with Crippen LogP contribution in [0.4, 0.5) is 0 Å². The molecular weight excluding hydrogens is 234 g/mol. The smallest absolute Gasteiger partial charge is 0.0603 e. The molecule has 2 atom stereocenters. The van der Waals surface area contributed by atoms with E-state index in [1.165, 1.54) is 38.5 Å². The zero-order valence-electron chi connectivity index (χ0n) is 13.6. The van der Waals surface area contributed by atoms with E-state index in [-0.39, 0.29) is 17.2 Å². The van der Waals surface area contributed by atoms with Crippen molar-refractivity contribution in [3.8, 4) is 0 Å². The average molecular weight is 267 g/mol. The van der Waals surface area contributed by atoms with Gasteiger partial charge in [0.2, 0.25) is 0 Å². The number of aliphatic hydroxyl groups excluding tert-OH is 1. The lowest BCUT2D eigenvalue weighted by Crippen LogP contribution is -2.65. The Morgan fingerprint density at radius 1 is 1.05 bits per heavy atom. The van der Waals surface area contributed by atoms with E-state index >= 15 is 0 Å². The van der Waals surface area contributed by atoms with Crippen molar-refractivity contribution in [1.29, 1.82) is 0 Å². The second kappa shape index (κ2) is 5.37. The molecule has 1 aliphatic carbocycles. The molecule has 0 radical (unpaired) electrons. The molecule has 19 heavy (non-hydrogen) atoms. The summed E-state index contributed by atoms with van der Waals surface area (Å²) < 4.78 is 0. The van der Waals surface area contributed by atoms with Crippen LogP contribution in [0.5, 0.6) is 0 Å². The first kappa shape index (κ1) is 15.3. The van der Waals surface area contributed by atoms with Gasteiger partial charge in [-0.05, 0) is 53.5 Å². The summed E-state index contributed by atoms with van der Waals surface area (Å²) in [5.74, 6) is 1.27. The summed E-state index contributed by atoms with van der Waals surface area (Å²) >= 11 is 0. The number of piperidine rings is 1. The van der Waals surface area contributed by atoms with Crippen LogP contribution in [-0.4, -0.2) is 34.2 Å². The first-order valence-electron chi connectivity index (χ1n) is 8.17. The van der Waals surface area contributed by atoms with Gasteiger partial charge in [-0.2, -0.15) is 0 Å². The molecule has 0 spiro atoms. The van der Waals surface area contributed by atoms with Crippen molar-refractivity contribution in [2.24, 2.45) is 11.8 Å². The van der Waals surface area contributed by atoms with Crippen LogP contribution in [0.3, 0.4) is 0 Å². The summed E-state index contributed by atoms with van der Waals surface area (Å²) in [5, 5.41) is 10.7. The third-order valence-electron chi connectivity index (χ3n) is 6.17. The van der Waals surface area contributed by atoms with Crippen LogP contribution in [-0.2, 0) is 0 Å². The second-order valence-electron chi connectivity index (χ2n) is 8.14. The Labute approximate surface area is 119 Å². The fraction of sp³-hybridized carbons (Fsp3) is 1.00. The van der Waals surface area contributed by atoms with Crippen LogP contribution in [0.1, 0.15) is 72.6 Å². The van der Waals surface area contributed by atoms with E-state index in [9.17, 15) is 5.11 Å². The van der Waals surface area contributed by atoms with Gasteiger partial charge in [-0.15, -0.1) is 0 Å². The molecule has 1 saturated carbocycles. The Kier molecular flexibility index (Phi) is 4.32. The minimum atomic E-state index is -0.136. The zero-order chi connectivity index (χ0) is 14.3. The van der Waals surface area contributed by atoms with E-state index in [1.807, 2.05) is 0 Å². The second-order valence-corrected chi connectivity index (χ2v) is 8.14. The molecule has 2 rings (SSSR count). The number of nitrogens with zero attached hydrogens (tertiary/aromatic N) is 1. The fourth-order valence-corrected chi connectivity index (χ4v) is 4.52. The number of rotatable bonds is 2. The third-order valence-corrected chi connectivity index (χ3v) is 6.17. The Morgan fingerprint density at radius 2 is 1.63 bits per heavy atom. The first-order chi connectivity index (χ1) is 8.75. The van der Waals surface area contributed by atoms with Gasteiger partial charge in [-0.25, -0.2) is 0 Å². The minimum absolute atomic E-state index is 0.0958. The molecule has 1 N–H and O–H groups in total. The Balaban J connectivity index is 2.10. The highest BCUT2D eigenvalue weighted by atomic mass is 16.3. The molecule has 0 bridgehead atoms. The summed E-state index contributed by atoms with van der Waals surface area (Å²) in [4.78, 5) is 2.50. The number of likely N-dealkylation sites (tertiary alicyclic amines) is 1. The zero-order valence-corrected chi connectivity index (χ0v) is 13.6. The SMILES string of the molecule is CN1C(C)(C)CC(O)C(CC2CCCCC2)C1(C)C. The summed E-state index contributed by atoms with van der Waals surface area (Å²) in [6.07, 6.45) is 8.96. The lowest BCUT2D eigenvalue weighted by atomic mass is 9.66. The van der Waals surface area contributed by atoms with Gasteiger partial charge < -0.3 is 5.11 Å². The van der Waals surface area contributed by atoms with E-state index in [0.717, 1.165) is 12.3 Å².